The molecule has 258 valence electrons. The molecule has 0 saturated heterocycles. The fourth-order valence-corrected chi connectivity index (χ4v) is 12.3. The highest BCUT2D eigenvalue weighted by molar-refractivity contribution is 5.96. The third kappa shape index (κ3) is 4.95. The number of amides is 1. The van der Waals surface area contributed by atoms with Crippen molar-refractivity contribution in [3.05, 3.63) is 42.0 Å². The van der Waals surface area contributed by atoms with Crippen molar-refractivity contribution in [2.45, 2.75) is 125 Å². The van der Waals surface area contributed by atoms with Crippen LogP contribution in [0.3, 0.4) is 0 Å². The zero-order chi connectivity index (χ0) is 34.2. The normalized spacial score (nSPS) is 45.6. The van der Waals surface area contributed by atoms with Crippen LogP contribution in [0.1, 0.15) is 113 Å². The lowest BCUT2D eigenvalue weighted by Gasteiger charge is -2.72. The van der Waals surface area contributed by atoms with Crippen LogP contribution in [0.25, 0.3) is 0 Å². The van der Waals surface area contributed by atoms with E-state index in [0.29, 0.717) is 5.92 Å². The SMILES string of the molecule is CC(=O)OC[C@@]1(C)[C@@H]2CC[C@]3(C)[C@H](CC=C4[C@H]5[C@](C(=O)Nc6ccccc6)(CC[C@@H](C)[C@@]5(C)O)CC[C@]43C)[C@@]2(C)CC[C@@H]1OC(C)=O. The predicted molar refractivity (Wildman–Crippen MR) is 182 cm³/mol. The molecule has 4 saturated carbocycles. The first kappa shape index (κ1) is 34.2. The van der Waals surface area contributed by atoms with Gasteiger partial charge in [0.25, 0.3) is 0 Å². The molecule has 11 atom stereocenters. The van der Waals surface area contributed by atoms with Gasteiger partial charge in [0.05, 0.1) is 11.0 Å². The van der Waals surface area contributed by atoms with Crippen molar-refractivity contribution >= 4 is 23.5 Å². The van der Waals surface area contributed by atoms with E-state index in [1.807, 2.05) is 37.3 Å². The lowest BCUT2D eigenvalue weighted by molar-refractivity contribution is -0.230. The molecule has 0 spiro atoms. The number of esters is 2. The molecule has 0 radical (unpaired) electrons. The van der Waals surface area contributed by atoms with Crippen LogP contribution in [0, 0.1) is 50.7 Å². The number of nitrogens with one attached hydrogen (secondary N) is 1. The van der Waals surface area contributed by atoms with Gasteiger partial charge in [0, 0.05) is 30.9 Å². The third-order valence-corrected chi connectivity index (χ3v) is 15.2. The summed E-state index contributed by atoms with van der Waals surface area (Å²) >= 11 is 0. The highest BCUT2D eigenvalue weighted by atomic mass is 16.6. The van der Waals surface area contributed by atoms with Crippen molar-refractivity contribution in [1.82, 2.24) is 0 Å². The number of hydrogen-bond acceptors (Lipinski definition) is 6. The summed E-state index contributed by atoms with van der Waals surface area (Å²) in [6, 6.07) is 9.73. The van der Waals surface area contributed by atoms with E-state index in [2.05, 4.69) is 46.0 Å². The largest absolute Gasteiger partial charge is 0.465 e. The van der Waals surface area contributed by atoms with Crippen molar-refractivity contribution in [1.29, 1.82) is 0 Å². The van der Waals surface area contributed by atoms with E-state index in [1.54, 1.807) is 0 Å². The van der Waals surface area contributed by atoms with Crippen LogP contribution in [-0.4, -0.2) is 41.3 Å². The Bertz CT molecular complexity index is 1450. The molecule has 0 unspecified atom stereocenters. The number of hydrogen-bond donors (Lipinski definition) is 2. The van der Waals surface area contributed by atoms with Crippen LogP contribution in [-0.2, 0) is 23.9 Å². The molecule has 1 aromatic rings. The Morgan fingerprint density at radius 2 is 1.57 bits per heavy atom. The lowest BCUT2D eigenvalue weighted by atomic mass is 9.33. The highest BCUT2D eigenvalue weighted by Crippen LogP contribution is 2.76. The van der Waals surface area contributed by atoms with Gasteiger partial charge in [-0.15, -0.1) is 0 Å². The Hall–Kier alpha value is -2.67. The summed E-state index contributed by atoms with van der Waals surface area (Å²) in [5.41, 5.74) is -0.402. The fourth-order valence-electron chi connectivity index (χ4n) is 12.3. The molecule has 0 heterocycles. The number of aliphatic hydroxyl groups is 1. The first-order valence-corrected chi connectivity index (χ1v) is 18.1. The summed E-state index contributed by atoms with van der Waals surface area (Å²) in [4.78, 5) is 38.8. The van der Waals surface area contributed by atoms with Gasteiger partial charge in [-0.2, -0.15) is 0 Å². The Balaban J connectivity index is 1.41. The minimum Gasteiger partial charge on any atom is -0.465 e. The molecule has 2 N–H and O–H groups in total. The average molecular weight is 648 g/mol. The summed E-state index contributed by atoms with van der Waals surface area (Å²) in [7, 11) is 0. The van der Waals surface area contributed by atoms with E-state index in [4.69, 9.17) is 9.47 Å². The number of allylic oxidation sites excluding steroid dienone is 1. The standard InChI is InChI=1S/C40H57NO6/c1-25-16-21-40(34(44)41-28-12-10-9-11-13-28)23-22-37(6)29(33(40)39(25,8)45)14-15-31-35(4)19-18-32(47-27(3)43)36(5,24-46-26(2)42)30(35)17-20-38(31,37)7/h9-14,25,30-33,45H,15-24H2,1-8H3,(H,41,44)/t25-,30-,31-,32+,33-,35+,36+,37-,38-,39-,40+/m1/s1. The number of para-hydroxylation sites is 1. The van der Waals surface area contributed by atoms with Gasteiger partial charge >= 0.3 is 11.9 Å². The number of carbonyl (C=O) groups excluding carboxylic acids is 3. The summed E-state index contributed by atoms with van der Waals surface area (Å²) in [6.45, 7) is 16.8. The summed E-state index contributed by atoms with van der Waals surface area (Å²) in [6.07, 6.45) is 9.87. The van der Waals surface area contributed by atoms with Gasteiger partial charge in [-0.05, 0) is 111 Å². The molecule has 5 aliphatic carbocycles. The third-order valence-electron chi connectivity index (χ3n) is 15.2. The van der Waals surface area contributed by atoms with E-state index in [9.17, 15) is 19.5 Å². The second-order valence-corrected chi connectivity index (χ2v) is 17.3. The van der Waals surface area contributed by atoms with Gasteiger partial charge in [0.1, 0.15) is 12.7 Å². The zero-order valence-corrected chi connectivity index (χ0v) is 29.9. The molecule has 47 heavy (non-hydrogen) atoms. The lowest BCUT2D eigenvalue weighted by Crippen LogP contribution is -2.68. The average Bonchev–Trinajstić information content (AvgIpc) is 3.00. The van der Waals surface area contributed by atoms with E-state index in [-0.39, 0.29) is 64.6 Å². The monoisotopic (exact) mass is 647 g/mol. The molecule has 6 rings (SSSR count). The molecule has 7 heteroatoms. The zero-order valence-electron chi connectivity index (χ0n) is 29.9. The van der Waals surface area contributed by atoms with Gasteiger partial charge in [-0.25, -0.2) is 0 Å². The van der Waals surface area contributed by atoms with Gasteiger partial charge in [-0.1, -0.05) is 64.5 Å². The Morgan fingerprint density at radius 3 is 2.23 bits per heavy atom. The van der Waals surface area contributed by atoms with E-state index in [0.717, 1.165) is 63.5 Å². The predicted octanol–water partition coefficient (Wildman–Crippen LogP) is 7.87. The molecule has 4 fully saturated rings. The fraction of sp³-hybridized carbons (Fsp3) is 0.725. The minimum absolute atomic E-state index is 0.0387. The molecule has 7 nitrogen and oxygen atoms in total. The Morgan fingerprint density at radius 1 is 0.872 bits per heavy atom. The maximum Gasteiger partial charge on any atom is 0.302 e. The Kier molecular flexibility index (Phi) is 8.34. The number of rotatable bonds is 5. The van der Waals surface area contributed by atoms with Crippen LogP contribution < -0.4 is 5.32 Å². The van der Waals surface area contributed by atoms with Crippen LogP contribution in [0.5, 0.6) is 0 Å². The minimum atomic E-state index is -1.02. The summed E-state index contributed by atoms with van der Waals surface area (Å²) < 4.78 is 11.7. The van der Waals surface area contributed by atoms with Gasteiger partial charge in [-0.3, -0.25) is 14.4 Å². The summed E-state index contributed by atoms with van der Waals surface area (Å²) in [5, 5.41) is 15.7. The second kappa shape index (κ2) is 11.5. The maximum absolute atomic E-state index is 14.5. The van der Waals surface area contributed by atoms with Crippen LogP contribution in [0.15, 0.2) is 42.0 Å². The van der Waals surface area contributed by atoms with Gasteiger partial charge < -0.3 is 19.9 Å². The molecule has 1 amide bonds. The molecular formula is C40H57NO6. The number of ether oxygens (including phenoxy) is 2. The maximum atomic E-state index is 14.5. The van der Waals surface area contributed by atoms with Gasteiger partial charge in [0.2, 0.25) is 5.91 Å². The molecule has 5 aliphatic rings. The summed E-state index contributed by atoms with van der Waals surface area (Å²) in [5.74, 6) is -0.188. The highest BCUT2D eigenvalue weighted by Gasteiger charge is 2.71. The first-order valence-electron chi connectivity index (χ1n) is 18.1. The number of anilines is 1. The quantitative estimate of drug-likeness (QED) is 0.249. The first-order chi connectivity index (χ1) is 22.0. The molecule has 0 bridgehead atoms. The van der Waals surface area contributed by atoms with E-state index < -0.39 is 16.4 Å². The van der Waals surface area contributed by atoms with Crippen LogP contribution >= 0.6 is 0 Å². The van der Waals surface area contributed by atoms with Crippen molar-refractivity contribution in [2.75, 3.05) is 11.9 Å². The molecule has 1 aromatic carbocycles. The van der Waals surface area contributed by atoms with E-state index >= 15 is 0 Å². The van der Waals surface area contributed by atoms with Crippen LogP contribution in [0.4, 0.5) is 5.69 Å². The number of carbonyl (C=O) groups is 3. The number of fused-ring (bicyclic) bond motifs is 7. The van der Waals surface area contributed by atoms with Crippen molar-refractivity contribution in [3.8, 4) is 0 Å². The van der Waals surface area contributed by atoms with Crippen molar-refractivity contribution in [3.63, 3.8) is 0 Å². The molecular weight excluding hydrogens is 590 g/mol. The number of benzene rings is 1. The molecule has 0 aliphatic heterocycles. The topological polar surface area (TPSA) is 102 Å². The van der Waals surface area contributed by atoms with Crippen LogP contribution in [0.2, 0.25) is 0 Å². The second-order valence-electron chi connectivity index (χ2n) is 17.3. The van der Waals surface area contributed by atoms with Gasteiger partial charge in [0.15, 0.2) is 0 Å². The van der Waals surface area contributed by atoms with Crippen molar-refractivity contribution in [2.24, 2.45) is 50.7 Å². The van der Waals surface area contributed by atoms with E-state index in [1.165, 1.54) is 19.4 Å². The molecule has 0 aromatic heterocycles. The smallest absolute Gasteiger partial charge is 0.302 e. The van der Waals surface area contributed by atoms with Crippen molar-refractivity contribution < 1.29 is 29.0 Å². The Labute approximate surface area is 281 Å².